The molecule has 1 amide bonds. The summed E-state index contributed by atoms with van der Waals surface area (Å²) in [6, 6.07) is 0. The van der Waals surface area contributed by atoms with E-state index in [0.29, 0.717) is 5.76 Å². The standard InChI is InChI=1S/C7H9NO3/c1-5-3-8(6(2)9)4-7(10)11-5/h3H,4H2,1-2H3. The highest BCUT2D eigenvalue weighted by molar-refractivity contribution is 5.83. The van der Waals surface area contributed by atoms with Crippen molar-refractivity contribution in [2.24, 2.45) is 0 Å². The number of carbonyl (C=O) groups excluding carboxylic acids is 2. The first-order chi connectivity index (χ1) is 5.09. The first-order valence-electron chi connectivity index (χ1n) is 3.26. The first kappa shape index (κ1) is 7.78. The number of allylic oxidation sites excluding steroid dienone is 1. The highest BCUT2D eigenvalue weighted by Gasteiger charge is 2.18. The number of ether oxygens (including phenoxy) is 1. The number of amides is 1. The van der Waals surface area contributed by atoms with Gasteiger partial charge in [-0.15, -0.1) is 0 Å². The molecule has 0 saturated heterocycles. The van der Waals surface area contributed by atoms with Crippen molar-refractivity contribution >= 4 is 11.9 Å². The largest absolute Gasteiger partial charge is 0.428 e. The molecule has 0 N–H and O–H groups in total. The van der Waals surface area contributed by atoms with Crippen LogP contribution < -0.4 is 0 Å². The molecule has 1 heterocycles. The van der Waals surface area contributed by atoms with E-state index in [2.05, 4.69) is 0 Å². The average molecular weight is 155 g/mol. The zero-order chi connectivity index (χ0) is 8.43. The molecular formula is C7H9NO3. The van der Waals surface area contributed by atoms with Crippen LogP contribution in [0, 0.1) is 0 Å². The lowest BCUT2D eigenvalue weighted by Gasteiger charge is -2.20. The third kappa shape index (κ3) is 1.80. The third-order valence-corrected chi connectivity index (χ3v) is 1.32. The second-order valence-electron chi connectivity index (χ2n) is 2.36. The Morgan fingerprint density at radius 1 is 1.73 bits per heavy atom. The van der Waals surface area contributed by atoms with Crippen molar-refractivity contribution in [3.05, 3.63) is 12.0 Å². The topological polar surface area (TPSA) is 46.6 Å². The molecule has 1 aliphatic heterocycles. The monoisotopic (exact) mass is 155 g/mol. The summed E-state index contributed by atoms with van der Waals surface area (Å²) in [5, 5.41) is 0. The van der Waals surface area contributed by atoms with Crippen LogP contribution in [0.3, 0.4) is 0 Å². The molecule has 0 fully saturated rings. The van der Waals surface area contributed by atoms with Crippen LogP contribution >= 0.6 is 0 Å². The van der Waals surface area contributed by atoms with Crippen molar-refractivity contribution in [2.45, 2.75) is 13.8 Å². The molecule has 0 spiro atoms. The molecular weight excluding hydrogens is 146 g/mol. The Morgan fingerprint density at radius 2 is 2.36 bits per heavy atom. The van der Waals surface area contributed by atoms with Crippen LogP contribution in [0.4, 0.5) is 0 Å². The van der Waals surface area contributed by atoms with E-state index < -0.39 is 0 Å². The predicted molar refractivity (Wildman–Crippen MR) is 37.2 cm³/mol. The van der Waals surface area contributed by atoms with E-state index in [0.717, 1.165) is 0 Å². The summed E-state index contributed by atoms with van der Waals surface area (Å²) >= 11 is 0. The number of cyclic esters (lactones) is 1. The molecule has 0 aromatic rings. The third-order valence-electron chi connectivity index (χ3n) is 1.32. The van der Waals surface area contributed by atoms with Crippen LogP contribution in [0.25, 0.3) is 0 Å². The molecule has 1 rings (SSSR count). The van der Waals surface area contributed by atoms with E-state index in [4.69, 9.17) is 4.74 Å². The van der Waals surface area contributed by atoms with Gasteiger partial charge in [-0.05, 0) is 6.92 Å². The lowest BCUT2D eigenvalue weighted by molar-refractivity contribution is -0.146. The van der Waals surface area contributed by atoms with E-state index >= 15 is 0 Å². The SMILES string of the molecule is CC(=O)N1C=C(C)OC(=O)C1. The molecule has 60 valence electrons. The Balaban J connectivity index is 2.77. The zero-order valence-electron chi connectivity index (χ0n) is 6.46. The van der Waals surface area contributed by atoms with Crippen molar-refractivity contribution in [2.75, 3.05) is 6.54 Å². The summed E-state index contributed by atoms with van der Waals surface area (Å²) in [6.07, 6.45) is 1.52. The summed E-state index contributed by atoms with van der Waals surface area (Å²) in [5.41, 5.74) is 0. The molecule has 4 nitrogen and oxygen atoms in total. The Hall–Kier alpha value is -1.32. The lowest BCUT2D eigenvalue weighted by Crippen LogP contribution is -2.34. The normalized spacial score (nSPS) is 17.5. The van der Waals surface area contributed by atoms with Gasteiger partial charge in [0.25, 0.3) is 0 Å². The van der Waals surface area contributed by atoms with Gasteiger partial charge in [0, 0.05) is 13.1 Å². The van der Waals surface area contributed by atoms with E-state index in [-0.39, 0.29) is 18.4 Å². The van der Waals surface area contributed by atoms with Gasteiger partial charge in [-0.3, -0.25) is 4.79 Å². The number of rotatable bonds is 0. The van der Waals surface area contributed by atoms with E-state index in [1.54, 1.807) is 6.92 Å². The van der Waals surface area contributed by atoms with E-state index in [1.807, 2.05) is 0 Å². The van der Waals surface area contributed by atoms with Gasteiger partial charge in [-0.1, -0.05) is 0 Å². The quantitative estimate of drug-likeness (QED) is 0.471. The number of nitrogens with zero attached hydrogens (tertiary/aromatic N) is 1. The van der Waals surface area contributed by atoms with Crippen LogP contribution in [0.15, 0.2) is 12.0 Å². The van der Waals surface area contributed by atoms with Crippen LogP contribution in [0.2, 0.25) is 0 Å². The number of hydrogen-bond acceptors (Lipinski definition) is 3. The van der Waals surface area contributed by atoms with Gasteiger partial charge in [0.2, 0.25) is 5.91 Å². The fourth-order valence-electron chi connectivity index (χ4n) is 0.845. The maximum Gasteiger partial charge on any atom is 0.331 e. The van der Waals surface area contributed by atoms with Crippen molar-refractivity contribution < 1.29 is 14.3 Å². The Labute approximate surface area is 64.4 Å². The van der Waals surface area contributed by atoms with Crippen LogP contribution in [-0.4, -0.2) is 23.3 Å². The molecule has 0 bridgehead atoms. The minimum Gasteiger partial charge on any atom is -0.428 e. The molecule has 0 atom stereocenters. The summed E-state index contributed by atoms with van der Waals surface area (Å²) in [6.45, 7) is 3.06. The number of carbonyl (C=O) groups is 2. The van der Waals surface area contributed by atoms with Gasteiger partial charge in [0.05, 0.1) is 0 Å². The molecule has 0 aliphatic carbocycles. The first-order valence-corrected chi connectivity index (χ1v) is 3.26. The van der Waals surface area contributed by atoms with Gasteiger partial charge in [-0.2, -0.15) is 0 Å². The Morgan fingerprint density at radius 3 is 2.82 bits per heavy atom. The maximum absolute atomic E-state index is 10.8. The molecule has 0 unspecified atom stereocenters. The van der Waals surface area contributed by atoms with Gasteiger partial charge in [-0.25, -0.2) is 4.79 Å². The molecule has 1 aliphatic rings. The number of hydrogen-bond donors (Lipinski definition) is 0. The molecule has 4 heteroatoms. The van der Waals surface area contributed by atoms with Gasteiger partial charge in [0.15, 0.2) is 0 Å². The Kier molecular flexibility index (Phi) is 1.94. The molecule has 0 aromatic carbocycles. The van der Waals surface area contributed by atoms with Gasteiger partial charge >= 0.3 is 5.97 Å². The van der Waals surface area contributed by atoms with Crippen molar-refractivity contribution in [3.8, 4) is 0 Å². The lowest BCUT2D eigenvalue weighted by atomic mass is 10.4. The highest BCUT2D eigenvalue weighted by atomic mass is 16.5. The molecule has 0 saturated carbocycles. The van der Waals surface area contributed by atoms with Crippen molar-refractivity contribution in [3.63, 3.8) is 0 Å². The zero-order valence-corrected chi connectivity index (χ0v) is 6.46. The average Bonchev–Trinajstić information content (AvgIpc) is 1.85. The van der Waals surface area contributed by atoms with Gasteiger partial charge < -0.3 is 9.64 Å². The van der Waals surface area contributed by atoms with Crippen molar-refractivity contribution in [1.29, 1.82) is 0 Å². The van der Waals surface area contributed by atoms with Crippen LogP contribution in [-0.2, 0) is 14.3 Å². The minimum absolute atomic E-state index is 0.0205. The van der Waals surface area contributed by atoms with E-state index in [1.165, 1.54) is 18.0 Å². The highest BCUT2D eigenvalue weighted by Crippen LogP contribution is 2.07. The van der Waals surface area contributed by atoms with E-state index in [9.17, 15) is 9.59 Å². The summed E-state index contributed by atoms with van der Waals surface area (Å²) < 4.78 is 4.69. The second kappa shape index (κ2) is 2.74. The summed E-state index contributed by atoms with van der Waals surface area (Å²) in [7, 11) is 0. The predicted octanol–water partition coefficient (Wildman–Crippen LogP) is 0.253. The fraction of sp³-hybridized carbons (Fsp3) is 0.429. The van der Waals surface area contributed by atoms with Gasteiger partial charge in [0.1, 0.15) is 12.3 Å². The molecule has 0 aromatic heterocycles. The summed E-state index contributed by atoms with van der Waals surface area (Å²) in [4.78, 5) is 22.8. The van der Waals surface area contributed by atoms with Crippen LogP contribution in [0.5, 0.6) is 0 Å². The summed E-state index contributed by atoms with van der Waals surface area (Å²) in [5.74, 6) is -0.0855. The minimum atomic E-state index is -0.389. The molecule has 0 radical (unpaired) electrons. The maximum atomic E-state index is 10.8. The second-order valence-corrected chi connectivity index (χ2v) is 2.36. The van der Waals surface area contributed by atoms with Crippen molar-refractivity contribution in [1.82, 2.24) is 4.90 Å². The Bertz CT molecular complexity index is 232. The van der Waals surface area contributed by atoms with Crippen LogP contribution in [0.1, 0.15) is 13.8 Å². The number of esters is 1. The fourth-order valence-corrected chi connectivity index (χ4v) is 0.845. The smallest absolute Gasteiger partial charge is 0.331 e. The molecule has 11 heavy (non-hydrogen) atoms.